The van der Waals surface area contributed by atoms with E-state index in [0.717, 1.165) is 67.3 Å². The smallest absolute Gasteiger partial charge is 0.160 e. The van der Waals surface area contributed by atoms with Crippen molar-refractivity contribution < 1.29 is 0 Å². The van der Waals surface area contributed by atoms with E-state index in [4.69, 9.17) is 15.0 Å². The first kappa shape index (κ1) is 28.3. The minimum atomic E-state index is 0.690. The molecule has 0 N–H and O–H groups in total. The van der Waals surface area contributed by atoms with Crippen LogP contribution in [0, 0.1) is 6.92 Å². The van der Waals surface area contributed by atoms with Gasteiger partial charge in [-0.15, -0.1) is 0 Å². The highest BCUT2D eigenvalue weighted by molar-refractivity contribution is 5.89. The molecular formula is C44H31N3. The first-order chi connectivity index (χ1) is 23.2. The second-order valence-electron chi connectivity index (χ2n) is 11.8. The van der Waals surface area contributed by atoms with Gasteiger partial charge in [0.15, 0.2) is 5.82 Å². The van der Waals surface area contributed by atoms with Crippen molar-refractivity contribution in [1.29, 1.82) is 0 Å². The van der Waals surface area contributed by atoms with Crippen molar-refractivity contribution in [3.63, 3.8) is 0 Å². The van der Waals surface area contributed by atoms with E-state index in [2.05, 4.69) is 127 Å². The monoisotopic (exact) mass is 601 g/mol. The molecule has 222 valence electrons. The Morgan fingerprint density at radius 2 is 0.830 bits per heavy atom. The summed E-state index contributed by atoms with van der Waals surface area (Å²) in [4.78, 5) is 15.1. The van der Waals surface area contributed by atoms with Crippen molar-refractivity contribution in [1.82, 2.24) is 15.0 Å². The average molecular weight is 602 g/mol. The average Bonchev–Trinajstić information content (AvgIpc) is 3.15. The highest BCUT2D eigenvalue weighted by Crippen LogP contribution is 2.35. The summed E-state index contributed by atoms with van der Waals surface area (Å²) in [5.41, 5.74) is 12.4. The van der Waals surface area contributed by atoms with Crippen molar-refractivity contribution in [2.75, 3.05) is 0 Å². The summed E-state index contributed by atoms with van der Waals surface area (Å²) in [6.45, 7) is 2.02. The molecule has 3 heteroatoms. The summed E-state index contributed by atoms with van der Waals surface area (Å²) in [7, 11) is 0. The van der Waals surface area contributed by atoms with Gasteiger partial charge in [-0.2, -0.15) is 0 Å². The van der Waals surface area contributed by atoms with Gasteiger partial charge in [0, 0.05) is 27.9 Å². The molecule has 0 atom stereocenters. The zero-order valence-electron chi connectivity index (χ0n) is 26.0. The molecular weight excluding hydrogens is 571 g/mol. The van der Waals surface area contributed by atoms with Crippen LogP contribution in [0.1, 0.15) is 5.69 Å². The number of nitrogens with zero attached hydrogens (tertiary/aromatic N) is 3. The molecule has 0 amide bonds. The molecule has 47 heavy (non-hydrogen) atoms. The SMILES string of the molecule is Cc1cccc(-c2ccc(-c3cc(-c4ccc5ccccc5c4)cc(-c4nc(-c5ccccc5)cc(-c5ccccc5)n4)c3)cc2)n1. The van der Waals surface area contributed by atoms with Gasteiger partial charge in [-0.25, -0.2) is 9.97 Å². The van der Waals surface area contributed by atoms with E-state index in [1.54, 1.807) is 0 Å². The molecule has 0 spiro atoms. The van der Waals surface area contributed by atoms with Gasteiger partial charge < -0.3 is 0 Å². The van der Waals surface area contributed by atoms with Gasteiger partial charge in [-0.1, -0.05) is 127 Å². The van der Waals surface area contributed by atoms with Crippen LogP contribution < -0.4 is 0 Å². The molecule has 0 saturated heterocycles. The van der Waals surface area contributed by atoms with Crippen LogP contribution in [-0.2, 0) is 0 Å². The van der Waals surface area contributed by atoms with E-state index >= 15 is 0 Å². The summed E-state index contributed by atoms with van der Waals surface area (Å²) in [5.74, 6) is 0.690. The summed E-state index contributed by atoms with van der Waals surface area (Å²) in [5, 5.41) is 2.43. The Hall–Kier alpha value is -6.19. The zero-order valence-corrected chi connectivity index (χ0v) is 26.0. The van der Waals surface area contributed by atoms with Gasteiger partial charge in [0.25, 0.3) is 0 Å². The third kappa shape index (κ3) is 5.95. The van der Waals surface area contributed by atoms with Crippen molar-refractivity contribution in [2.24, 2.45) is 0 Å². The highest BCUT2D eigenvalue weighted by Gasteiger charge is 2.14. The Morgan fingerprint density at radius 1 is 0.298 bits per heavy atom. The van der Waals surface area contributed by atoms with Crippen molar-refractivity contribution in [3.8, 4) is 67.4 Å². The topological polar surface area (TPSA) is 38.7 Å². The molecule has 0 aliphatic rings. The van der Waals surface area contributed by atoms with Crippen molar-refractivity contribution >= 4 is 10.8 Å². The number of hydrogen-bond acceptors (Lipinski definition) is 3. The van der Waals surface area contributed by atoms with Crippen LogP contribution in [0.15, 0.2) is 170 Å². The number of hydrogen-bond donors (Lipinski definition) is 0. The number of aryl methyl sites for hydroxylation is 1. The molecule has 3 nitrogen and oxygen atoms in total. The van der Waals surface area contributed by atoms with Gasteiger partial charge in [0.05, 0.1) is 17.1 Å². The lowest BCUT2D eigenvalue weighted by molar-refractivity contribution is 1.18. The lowest BCUT2D eigenvalue weighted by Gasteiger charge is -2.14. The van der Waals surface area contributed by atoms with Gasteiger partial charge >= 0.3 is 0 Å². The Bertz CT molecular complexity index is 2290. The molecule has 6 aromatic carbocycles. The standard InChI is InChI=1S/C44H31N3/c1-30-11-10-18-41(45-30)35-22-19-32(20-23-35)38-26-39(37-24-21-31-12-8-9-17-36(31)25-37)28-40(27-38)44-46-42(33-13-4-2-5-14-33)29-43(47-44)34-15-6-3-7-16-34/h2-29H,1H3. The first-order valence-electron chi connectivity index (χ1n) is 15.9. The third-order valence-corrected chi connectivity index (χ3v) is 8.54. The van der Waals surface area contributed by atoms with Crippen LogP contribution in [0.3, 0.4) is 0 Å². The molecule has 0 radical (unpaired) electrons. The van der Waals surface area contributed by atoms with Gasteiger partial charge in [-0.05, 0) is 82.4 Å². The maximum Gasteiger partial charge on any atom is 0.160 e. The molecule has 0 aliphatic heterocycles. The fourth-order valence-electron chi connectivity index (χ4n) is 6.09. The van der Waals surface area contributed by atoms with E-state index < -0.39 is 0 Å². The molecule has 0 fully saturated rings. The van der Waals surface area contributed by atoms with Crippen molar-refractivity contribution in [3.05, 3.63) is 176 Å². The molecule has 8 rings (SSSR count). The van der Waals surface area contributed by atoms with E-state index in [9.17, 15) is 0 Å². The summed E-state index contributed by atoms with van der Waals surface area (Å²) < 4.78 is 0. The normalized spacial score (nSPS) is 11.1. The second-order valence-corrected chi connectivity index (χ2v) is 11.8. The number of aromatic nitrogens is 3. The summed E-state index contributed by atoms with van der Waals surface area (Å²) in [6, 6.07) is 59.4. The second kappa shape index (κ2) is 12.3. The molecule has 0 aliphatic carbocycles. The molecule has 0 unspecified atom stereocenters. The number of pyridine rings is 1. The highest BCUT2D eigenvalue weighted by atomic mass is 14.9. The predicted molar refractivity (Wildman–Crippen MR) is 195 cm³/mol. The number of rotatable bonds is 6. The number of benzene rings is 6. The molecule has 2 heterocycles. The lowest BCUT2D eigenvalue weighted by Crippen LogP contribution is -1.97. The Kier molecular flexibility index (Phi) is 7.41. The molecule has 0 saturated carbocycles. The van der Waals surface area contributed by atoms with E-state index in [-0.39, 0.29) is 0 Å². The third-order valence-electron chi connectivity index (χ3n) is 8.54. The lowest BCUT2D eigenvalue weighted by atomic mass is 9.94. The Labute approximate surface area is 274 Å². The fourth-order valence-corrected chi connectivity index (χ4v) is 6.09. The van der Waals surface area contributed by atoms with Crippen LogP contribution in [0.4, 0.5) is 0 Å². The Balaban J connectivity index is 1.31. The van der Waals surface area contributed by atoms with Crippen LogP contribution in [0.2, 0.25) is 0 Å². The summed E-state index contributed by atoms with van der Waals surface area (Å²) in [6.07, 6.45) is 0. The largest absolute Gasteiger partial charge is 0.253 e. The summed E-state index contributed by atoms with van der Waals surface area (Å²) >= 11 is 0. The maximum atomic E-state index is 5.16. The van der Waals surface area contributed by atoms with E-state index in [1.807, 2.05) is 49.4 Å². The molecule has 2 aromatic heterocycles. The zero-order chi connectivity index (χ0) is 31.6. The van der Waals surface area contributed by atoms with Crippen LogP contribution >= 0.6 is 0 Å². The first-order valence-corrected chi connectivity index (χ1v) is 15.9. The van der Waals surface area contributed by atoms with E-state index in [1.165, 1.54) is 10.8 Å². The van der Waals surface area contributed by atoms with Crippen LogP contribution in [0.5, 0.6) is 0 Å². The minimum absolute atomic E-state index is 0.690. The van der Waals surface area contributed by atoms with Crippen LogP contribution in [0.25, 0.3) is 78.2 Å². The van der Waals surface area contributed by atoms with Gasteiger partial charge in [0.2, 0.25) is 0 Å². The molecule has 8 aromatic rings. The predicted octanol–water partition coefficient (Wildman–Crippen LogP) is 11.3. The number of fused-ring (bicyclic) bond motifs is 1. The van der Waals surface area contributed by atoms with Crippen molar-refractivity contribution in [2.45, 2.75) is 6.92 Å². The van der Waals surface area contributed by atoms with Gasteiger partial charge in [-0.3, -0.25) is 4.98 Å². The minimum Gasteiger partial charge on any atom is -0.253 e. The van der Waals surface area contributed by atoms with Gasteiger partial charge in [0.1, 0.15) is 0 Å². The quantitative estimate of drug-likeness (QED) is 0.190. The Morgan fingerprint density at radius 3 is 1.49 bits per heavy atom. The maximum absolute atomic E-state index is 5.16. The molecule has 0 bridgehead atoms. The van der Waals surface area contributed by atoms with E-state index in [0.29, 0.717) is 5.82 Å². The van der Waals surface area contributed by atoms with Crippen LogP contribution in [-0.4, -0.2) is 15.0 Å². The fraction of sp³-hybridized carbons (Fsp3) is 0.0227.